The monoisotopic (exact) mass is 254 g/mol. The van der Waals surface area contributed by atoms with Crippen LogP contribution in [0.25, 0.3) is 0 Å². The van der Waals surface area contributed by atoms with Crippen LogP contribution in [0, 0.1) is 5.92 Å². The second kappa shape index (κ2) is 6.53. The fourth-order valence-electron chi connectivity index (χ4n) is 3.42. The van der Waals surface area contributed by atoms with Crippen LogP contribution in [0.15, 0.2) is 0 Å². The number of hydrogen-bond donors (Lipinski definition) is 1. The van der Waals surface area contributed by atoms with Crippen LogP contribution in [0.5, 0.6) is 0 Å². The van der Waals surface area contributed by atoms with Gasteiger partial charge in [0.2, 0.25) is 0 Å². The summed E-state index contributed by atoms with van der Waals surface area (Å²) in [7, 11) is 1.93. The number of carboxylic acids is 1. The Morgan fingerprint density at radius 1 is 1.28 bits per heavy atom. The van der Waals surface area contributed by atoms with Crippen LogP contribution in [-0.4, -0.2) is 60.1 Å². The summed E-state index contributed by atoms with van der Waals surface area (Å²) in [5, 5.41) is 8.82. The first-order valence-corrected chi connectivity index (χ1v) is 7.29. The Morgan fingerprint density at radius 2 is 2.00 bits per heavy atom. The highest BCUT2D eigenvalue weighted by Crippen LogP contribution is 2.26. The zero-order valence-electron chi connectivity index (χ0n) is 11.5. The average molecular weight is 254 g/mol. The quantitative estimate of drug-likeness (QED) is 0.810. The number of likely N-dealkylation sites (tertiary alicyclic amines) is 1. The van der Waals surface area contributed by atoms with Gasteiger partial charge < -0.3 is 10.0 Å². The lowest BCUT2D eigenvalue weighted by molar-refractivity contribution is -0.138. The molecule has 1 heterocycles. The Labute approximate surface area is 110 Å². The minimum atomic E-state index is -0.719. The number of carboxylic acid groups (broad SMARTS) is 1. The summed E-state index contributed by atoms with van der Waals surface area (Å²) in [5.41, 5.74) is 0. The van der Waals surface area contributed by atoms with Crippen LogP contribution < -0.4 is 0 Å². The second-order valence-corrected chi connectivity index (χ2v) is 6.01. The van der Waals surface area contributed by atoms with Gasteiger partial charge in [0.25, 0.3) is 0 Å². The van der Waals surface area contributed by atoms with Crippen LogP contribution in [0.4, 0.5) is 0 Å². The summed E-state index contributed by atoms with van der Waals surface area (Å²) in [6.45, 7) is 3.60. The van der Waals surface area contributed by atoms with E-state index in [0.717, 1.165) is 25.4 Å². The van der Waals surface area contributed by atoms with Crippen LogP contribution in [0.3, 0.4) is 0 Å². The van der Waals surface area contributed by atoms with Gasteiger partial charge in [-0.25, -0.2) is 0 Å². The maximum absolute atomic E-state index is 10.7. The first kappa shape index (κ1) is 13.8. The van der Waals surface area contributed by atoms with E-state index in [9.17, 15) is 4.79 Å². The summed E-state index contributed by atoms with van der Waals surface area (Å²) in [5.74, 6) is 0.172. The van der Waals surface area contributed by atoms with Crippen molar-refractivity contribution < 1.29 is 9.90 Å². The Kier molecular flexibility index (Phi) is 5.01. The van der Waals surface area contributed by atoms with Crippen molar-refractivity contribution in [1.82, 2.24) is 9.80 Å². The molecule has 1 atom stereocenters. The van der Waals surface area contributed by atoms with Gasteiger partial charge in [-0.15, -0.1) is 0 Å². The van der Waals surface area contributed by atoms with Gasteiger partial charge in [-0.1, -0.05) is 19.3 Å². The van der Waals surface area contributed by atoms with Crippen molar-refractivity contribution >= 4 is 5.97 Å². The Bertz CT molecular complexity index is 277. The highest BCUT2D eigenvalue weighted by atomic mass is 16.4. The second-order valence-electron chi connectivity index (χ2n) is 6.01. The third kappa shape index (κ3) is 3.95. The van der Waals surface area contributed by atoms with Crippen molar-refractivity contribution in [2.45, 2.75) is 44.6 Å². The molecule has 1 N–H and O–H groups in total. The lowest BCUT2D eigenvalue weighted by Crippen LogP contribution is -2.38. The summed E-state index contributed by atoms with van der Waals surface area (Å²) in [4.78, 5) is 15.2. The molecule has 0 aromatic heterocycles. The van der Waals surface area contributed by atoms with Crippen molar-refractivity contribution in [2.75, 3.05) is 33.2 Å². The maximum Gasteiger partial charge on any atom is 0.317 e. The molecule has 1 saturated heterocycles. The molecule has 0 amide bonds. The molecule has 4 nitrogen and oxygen atoms in total. The van der Waals surface area contributed by atoms with Crippen LogP contribution in [-0.2, 0) is 4.79 Å². The number of rotatable bonds is 5. The highest BCUT2D eigenvalue weighted by Gasteiger charge is 2.28. The number of aliphatic carboxylic acids is 1. The average Bonchev–Trinajstić information content (AvgIpc) is 2.78. The van der Waals surface area contributed by atoms with Crippen molar-refractivity contribution in [1.29, 1.82) is 0 Å². The topological polar surface area (TPSA) is 43.8 Å². The molecule has 4 heteroatoms. The largest absolute Gasteiger partial charge is 0.480 e. The number of hydrogen-bond acceptors (Lipinski definition) is 3. The van der Waals surface area contributed by atoms with Gasteiger partial charge in [0, 0.05) is 19.1 Å². The van der Waals surface area contributed by atoms with E-state index in [-0.39, 0.29) is 6.54 Å². The molecular formula is C14H26N2O2. The van der Waals surface area contributed by atoms with Gasteiger partial charge >= 0.3 is 5.97 Å². The Balaban J connectivity index is 1.72. The van der Waals surface area contributed by atoms with E-state index < -0.39 is 5.97 Å². The molecule has 0 bridgehead atoms. The number of likely N-dealkylation sites (N-methyl/N-ethyl adjacent to an activating group) is 1. The van der Waals surface area contributed by atoms with Gasteiger partial charge in [0.05, 0.1) is 6.54 Å². The first-order chi connectivity index (χ1) is 8.65. The van der Waals surface area contributed by atoms with Gasteiger partial charge in [0.15, 0.2) is 0 Å². The van der Waals surface area contributed by atoms with Crippen LogP contribution in [0.2, 0.25) is 0 Å². The summed E-state index contributed by atoms with van der Waals surface area (Å²) >= 11 is 0. The fraction of sp³-hybridized carbons (Fsp3) is 0.929. The Morgan fingerprint density at radius 3 is 2.67 bits per heavy atom. The number of nitrogens with zero attached hydrogens (tertiary/aromatic N) is 2. The van der Waals surface area contributed by atoms with Crippen molar-refractivity contribution in [3.63, 3.8) is 0 Å². The third-order valence-electron chi connectivity index (χ3n) is 4.50. The minimum Gasteiger partial charge on any atom is -0.480 e. The summed E-state index contributed by atoms with van der Waals surface area (Å²) in [6.07, 6.45) is 8.14. The maximum atomic E-state index is 10.7. The minimum absolute atomic E-state index is 0.169. The van der Waals surface area contributed by atoms with E-state index in [1.807, 2.05) is 11.9 Å². The van der Waals surface area contributed by atoms with Crippen molar-refractivity contribution in [3.05, 3.63) is 0 Å². The van der Waals surface area contributed by atoms with Crippen LogP contribution >= 0.6 is 0 Å². The molecule has 0 aromatic rings. The van der Waals surface area contributed by atoms with Gasteiger partial charge in [-0.2, -0.15) is 0 Å². The molecule has 1 unspecified atom stereocenters. The first-order valence-electron chi connectivity index (χ1n) is 7.29. The van der Waals surface area contributed by atoms with Gasteiger partial charge in [-0.05, 0) is 38.8 Å². The molecule has 2 rings (SSSR count). The van der Waals surface area contributed by atoms with E-state index in [2.05, 4.69) is 4.90 Å². The molecule has 1 saturated carbocycles. The molecule has 1 aliphatic carbocycles. The molecule has 1 aliphatic heterocycles. The molecule has 0 aromatic carbocycles. The standard InChI is InChI=1S/C14H26N2O2/c1-15(11-14(17)18)13-7-8-16(10-13)9-12-5-3-2-4-6-12/h12-13H,2-11H2,1H3,(H,17,18). The zero-order chi connectivity index (χ0) is 13.0. The van der Waals surface area contributed by atoms with Gasteiger partial charge in [0.1, 0.15) is 0 Å². The van der Waals surface area contributed by atoms with Crippen molar-refractivity contribution in [2.24, 2.45) is 5.92 Å². The summed E-state index contributed by atoms with van der Waals surface area (Å²) in [6, 6.07) is 0.435. The van der Waals surface area contributed by atoms with E-state index in [1.54, 1.807) is 0 Å². The van der Waals surface area contributed by atoms with Crippen LogP contribution in [0.1, 0.15) is 38.5 Å². The summed E-state index contributed by atoms with van der Waals surface area (Å²) < 4.78 is 0. The highest BCUT2D eigenvalue weighted by molar-refractivity contribution is 5.69. The Hall–Kier alpha value is -0.610. The molecular weight excluding hydrogens is 228 g/mol. The van der Waals surface area contributed by atoms with E-state index >= 15 is 0 Å². The number of carbonyl (C=O) groups is 1. The van der Waals surface area contributed by atoms with Crippen molar-refractivity contribution in [3.8, 4) is 0 Å². The fourth-order valence-corrected chi connectivity index (χ4v) is 3.42. The third-order valence-corrected chi connectivity index (χ3v) is 4.50. The molecule has 18 heavy (non-hydrogen) atoms. The molecule has 2 fully saturated rings. The predicted octanol–water partition coefficient (Wildman–Crippen LogP) is 1.66. The lowest BCUT2D eigenvalue weighted by atomic mass is 9.89. The molecule has 2 aliphatic rings. The SMILES string of the molecule is CN(CC(=O)O)C1CCN(CC2CCCCC2)C1. The van der Waals surface area contributed by atoms with E-state index in [4.69, 9.17) is 5.11 Å². The predicted molar refractivity (Wildman–Crippen MR) is 71.7 cm³/mol. The van der Waals surface area contributed by atoms with E-state index in [0.29, 0.717) is 6.04 Å². The van der Waals surface area contributed by atoms with E-state index in [1.165, 1.54) is 38.6 Å². The normalized spacial score (nSPS) is 26.9. The smallest absolute Gasteiger partial charge is 0.317 e. The molecule has 0 radical (unpaired) electrons. The molecule has 0 spiro atoms. The van der Waals surface area contributed by atoms with Gasteiger partial charge in [-0.3, -0.25) is 9.69 Å². The lowest BCUT2D eigenvalue weighted by Gasteiger charge is -2.28. The zero-order valence-corrected chi connectivity index (χ0v) is 11.5. The molecule has 104 valence electrons.